The summed E-state index contributed by atoms with van der Waals surface area (Å²) in [5.74, 6) is 0.183. The zero-order chi connectivity index (χ0) is 13.2. The van der Waals surface area contributed by atoms with Crippen LogP contribution in [0.15, 0.2) is 23.2 Å². The minimum absolute atomic E-state index is 0.0565. The van der Waals surface area contributed by atoms with Gasteiger partial charge in [0.2, 0.25) is 10.0 Å². The highest BCUT2D eigenvalue weighted by atomic mass is 32.2. The number of nitrogen functional groups attached to an aromatic ring is 1. The van der Waals surface area contributed by atoms with Gasteiger partial charge in [-0.2, -0.15) is 0 Å². The van der Waals surface area contributed by atoms with E-state index in [1.807, 2.05) is 0 Å². The fraction of sp³-hybridized carbons (Fsp3) is 0.545. The lowest BCUT2D eigenvalue weighted by Crippen LogP contribution is -2.40. The molecule has 2 heterocycles. The molecule has 0 bridgehead atoms. The van der Waals surface area contributed by atoms with E-state index in [-0.39, 0.29) is 22.9 Å². The normalized spacial score (nSPS) is 21.9. The molecule has 7 heteroatoms. The van der Waals surface area contributed by atoms with Gasteiger partial charge in [-0.1, -0.05) is 0 Å². The van der Waals surface area contributed by atoms with Crippen molar-refractivity contribution in [2.45, 2.75) is 36.8 Å². The molecule has 1 saturated heterocycles. The number of sulfonamides is 1. The first kappa shape index (κ1) is 13.3. The first-order valence-corrected chi connectivity index (χ1v) is 7.33. The van der Waals surface area contributed by atoms with Gasteiger partial charge in [0, 0.05) is 24.9 Å². The Hall–Kier alpha value is -1.18. The summed E-state index contributed by atoms with van der Waals surface area (Å²) in [6.45, 7) is 2.50. The van der Waals surface area contributed by atoms with Gasteiger partial charge in [0.05, 0.1) is 11.0 Å². The largest absolute Gasteiger partial charge is 0.384 e. The molecular weight excluding hydrogens is 254 g/mol. The Morgan fingerprint density at radius 2 is 2.39 bits per heavy atom. The molecular formula is C11H17N3O3S. The molecule has 1 aromatic heterocycles. The quantitative estimate of drug-likeness (QED) is 0.832. The zero-order valence-corrected chi connectivity index (χ0v) is 11.0. The van der Waals surface area contributed by atoms with E-state index >= 15 is 0 Å². The third-order valence-corrected chi connectivity index (χ3v) is 4.48. The van der Waals surface area contributed by atoms with E-state index in [0.717, 1.165) is 12.8 Å². The highest BCUT2D eigenvalue weighted by molar-refractivity contribution is 7.89. The van der Waals surface area contributed by atoms with Gasteiger partial charge in [-0.05, 0) is 25.8 Å². The molecule has 2 rings (SSSR count). The summed E-state index contributed by atoms with van der Waals surface area (Å²) >= 11 is 0. The first-order valence-electron chi connectivity index (χ1n) is 5.84. The zero-order valence-electron chi connectivity index (χ0n) is 10.2. The van der Waals surface area contributed by atoms with Gasteiger partial charge in [0.1, 0.15) is 5.82 Å². The number of nitrogens with zero attached hydrogens (tertiary/aromatic N) is 1. The summed E-state index contributed by atoms with van der Waals surface area (Å²) in [7, 11) is -3.57. The molecule has 0 spiro atoms. The molecule has 0 aliphatic carbocycles. The average Bonchev–Trinajstić information content (AvgIpc) is 2.82. The number of aromatic nitrogens is 1. The van der Waals surface area contributed by atoms with Crippen LogP contribution in [0.5, 0.6) is 0 Å². The molecule has 6 nitrogen and oxygen atoms in total. The molecule has 1 aliphatic heterocycles. The van der Waals surface area contributed by atoms with E-state index in [9.17, 15) is 8.42 Å². The molecule has 0 amide bonds. The van der Waals surface area contributed by atoms with Crippen molar-refractivity contribution < 1.29 is 13.2 Å². The van der Waals surface area contributed by atoms with Crippen LogP contribution in [0, 0.1) is 0 Å². The fourth-order valence-corrected chi connectivity index (χ4v) is 3.27. The topological polar surface area (TPSA) is 94.3 Å². The van der Waals surface area contributed by atoms with Crippen molar-refractivity contribution in [1.29, 1.82) is 0 Å². The second-order valence-corrected chi connectivity index (χ2v) is 6.09. The predicted molar refractivity (Wildman–Crippen MR) is 67.4 cm³/mol. The lowest BCUT2D eigenvalue weighted by atomic mass is 10.1. The number of anilines is 1. The number of pyridine rings is 1. The van der Waals surface area contributed by atoms with Crippen LogP contribution in [-0.4, -0.2) is 32.2 Å². The highest BCUT2D eigenvalue weighted by Crippen LogP contribution is 2.18. The number of rotatable bonds is 4. The van der Waals surface area contributed by atoms with Gasteiger partial charge in [-0.25, -0.2) is 18.1 Å². The van der Waals surface area contributed by atoms with Crippen LogP contribution in [-0.2, 0) is 14.8 Å². The SMILES string of the molecule is CC(NS(=O)(=O)c1ccnc(N)c1)C1CCCO1. The van der Waals surface area contributed by atoms with Crippen LogP contribution in [0.3, 0.4) is 0 Å². The van der Waals surface area contributed by atoms with Crippen LogP contribution < -0.4 is 10.5 Å². The van der Waals surface area contributed by atoms with Crippen LogP contribution in [0.25, 0.3) is 0 Å². The maximum absolute atomic E-state index is 12.1. The summed E-state index contributed by atoms with van der Waals surface area (Å²) in [5.41, 5.74) is 5.48. The maximum atomic E-state index is 12.1. The summed E-state index contributed by atoms with van der Waals surface area (Å²) in [6.07, 6.45) is 3.17. The van der Waals surface area contributed by atoms with E-state index in [4.69, 9.17) is 10.5 Å². The van der Waals surface area contributed by atoms with Gasteiger partial charge in [-0.15, -0.1) is 0 Å². The number of hydrogen-bond acceptors (Lipinski definition) is 5. The van der Waals surface area contributed by atoms with E-state index in [2.05, 4.69) is 9.71 Å². The Labute approximate surface area is 107 Å². The Morgan fingerprint density at radius 1 is 1.61 bits per heavy atom. The molecule has 2 unspecified atom stereocenters. The highest BCUT2D eigenvalue weighted by Gasteiger charge is 2.27. The second kappa shape index (κ2) is 5.21. The summed E-state index contributed by atoms with van der Waals surface area (Å²) in [5, 5.41) is 0. The molecule has 3 N–H and O–H groups in total. The summed E-state index contributed by atoms with van der Waals surface area (Å²) < 4.78 is 32.3. The average molecular weight is 271 g/mol. The molecule has 1 aliphatic rings. The molecule has 100 valence electrons. The number of nitrogens with one attached hydrogen (secondary N) is 1. The van der Waals surface area contributed by atoms with Crippen molar-refractivity contribution in [3.8, 4) is 0 Å². The van der Waals surface area contributed by atoms with E-state index in [1.54, 1.807) is 6.92 Å². The predicted octanol–water partition coefficient (Wildman–Crippen LogP) is 0.510. The number of hydrogen-bond donors (Lipinski definition) is 2. The van der Waals surface area contributed by atoms with E-state index in [0.29, 0.717) is 6.61 Å². The molecule has 1 aromatic rings. The lowest BCUT2D eigenvalue weighted by Gasteiger charge is -2.19. The molecule has 0 saturated carbocycles. The van der Waals surface area contributed by atoms with E-state index < -0.39 is 10.0 Å². The summed E-state index contributed by atoms with van der Waals surface area (Å²) in [6, 6.07) is 2.50. The van der Waals surface area contributed by atoms with Crippen molar-refractivity contribution in [2.24, 2.45) is 0 Å². The van der Waals surface area contributed by atoms with Crippen molar-refractivity contribution in [1.82, 2.24) is 9.71 Å². The molecule has 18 heavy (non-hydrogen) atoms. The van der Waals surface area contributed by atoms with Crippen molar-refractivity contribution in [2.75, 3.05) is 12.3 Å². The van der Waals surface area contributed by atoms with Gasteiger partial charge < -0.3 is 10.5 Å². The minimum Gasteiger partial charge on any atom is -0.384 e. The molecule has 0 radical (unpaired) electrons. The smallest absolute Gasteiger partial charge is 0.241 e. The minimum atomic E-state index is -3.57. The van der Waals surface area contributed by atoms with E-state index in [1.165, 1.54) is 18.3 Å². The molecule has 1 fully saturated rings. The van der Waals surface area contributed by atoms with Crippen LogP contribution in [0.4, 0.5) is 5.82 Å². The van der Waals surface area contributed by atoms with Gasteiger partial charge >= 0.3 is 0 Å². The third-order valence-electron chi connectivity index (χ3n) is 2.93. The maximum Gasteiger partial charge on any atom is 0.241 e. The van der Waals surface area contributed by atoms with Crippen molar-refractivity contribution in [3.05, 3.63) is 18.3 Å². The third kappa shape index (κ3) is 2.98. The van der Waals surface area contributed by atoms with Crippen LogP contribution >= 0.6 is 0 Å². The lowest BCUT2D eigenvalue weighted by molar-refractivity contribution is 0.0902. The monoisotopic (exact) mass is 271 g/mol. The molecule has 0 aromatic carbocycles. The van der Waals surface area contributed by atoms with Gasteiger partial charge in [0.15, 0.2) is 0 Å². The fourth-order valence-electron chi connectivity index (χ4n) is 1.98. The standard InChI is InChI=1S/C11H17N3O3S/c1-8(10-3-2-6-17-10)14-18(15,16)9-4-5-13-11(12)7-9/h4-5,7-8,10,14H,2-3,6H2,1H3,(H2,12,13). The van der Waals surface area contributed by atoms with Gasteiger partial charge in [-0.3, -0.25) is 0 Å². The number of nitrogens with two attached hydrogens (primary N) is 1. The second-order valence-electron chi connectivity index (χ2n) is 4.38. The van der Waals surface area contributed by atoms with Crippen LogP contribution in [0.1, 0.15) is 19.8 Å². The van der Waals surface area contributed by atoms with Gasteiger partial charge in [0.25, 0.3) is 0 Å². The Kier molecular flexibility index (Phi) is 3.84. The Balaban J connectivity index is 2.11. The Bertz CT molecular complexity index is 512. The molecule has 2 atom stereocenters. The van der Waals surface area contributed by atoms with Crippen molar-refractivity contribution in [3.63, 3.8) is 0 Å². The van der Waals surface area contributed by atoms with Crippen molar-refractivity contribution >= 4 is 15.8 Å². The number of ether oxygens (including phenoxy) is 1. The first-order chi connectivity index (χ1) is 8.49. The summed E-state index contributed by atoms with van der Waals surface area (Å²) in [4.78, 5) is 3.90. The Morgan fingerprint density at radius 3 is 3.00 bits per heavy atom. The van der Waals surface area contributed by atoms with Crippen LogP contribution in [0.2, 0.25) is 0 Å².